The molecule has 0 unspecified atom stereocenters. The van der Waals surface area contributed by atoms with Crippen LogP contribution in [0.5, 0.6) is 5.88 Å². The zero-order valence-corrected chi connectivity index (χ0v) is 22.1. The molecule has 4 rings (SSSR count). The number of carboxylic acids is 1. The van der Waals surface area contributed by atoms with Gasteiger partial charge in [-0.2, -0.15) is 0 Å². The summed E-state index contributed by atoms with van der Waals surface area (Å²) in [5.74, 6) is -1.52. The minimum atomic E-state index is -0.936. The third-order valence-corrected chi connectivity index (χ3v) is 6.41. The van der Waals surface area contributed by atoms with Gasteiger partial charge in [0.1, 0.15) is 5.82 Å². The summed E-state index contributed by atoms with van der Waals surface area (Å²) in [6, 6.07) is 18.2. The van der Waals surface area contributed by atoms with Crippen molar-refractivity contribution in [2.45, 2.75) is 19.3 Å². The summed E-state index contributed by atoms with van der Waals surface area (Å²) in [6.45, 7) is 0.834. The van der Waals surface area contributed by atoms with Crippen molar-refractivity contribution in [3.8, 4) is 5.88 Å². The Balaban J connectivity index is 1.70. The van der Waals surface area contributed by atoms with Gasteiger partial charge in [0, 0.05) is 30.1 Å². The normalized spacial score (nSPS) is 11.8. The lowest BCUT2D eigenvalue weighted by atomic mass is 9.99. The van der Waals surface area contributed by atoms with E-state index in [-0.39, 0.29) is 18.2 Å². The van der Waals surface area contributed by atoms with Gasteiger partial charge in [0.2, 0.25) is 5.91 Å². The Bertz CT molecular complexity index is 1510. The lowest BCUT2D eigenvalue weighted by Gasteiger charge is -2.18. The van der Waals surface area contributed by atoms with Crippen LogP contribution in [0.3, 0.4) is 0 Å². The lowest BCUT2D eigenvalue weighted by Crippen LogP contribution is -2.27. The first-order chi connectivity index (χ1) is 18.6. The smallest absolute Gasteiger partial charge is 0.307 e. The van der Waals surface area contributed by atoms with E-state index in [0.29, 0.717) is 45.4 Å². The molecule has 0 fully saturated rings. The molecule has 3 aromatic carbocycles. The number of hydrogen-bond acceptors (Lipinski definition) is 5. The predicted molar refractivity (Wildman–Crippen MR) is 151 cm³/mol. The highest BCUT2D eigenvalue weighted by atomic mass is 19.1. The number of carbonyl (C=O) groups is 2. The number of aliphatic carboxylic acids is 1. The van der Waals surface area contributed by atoms with Crippen LogP contribution in [0.1, 0.15) is 29.5 Å². The van der Waals surface area contributed by atoms with E-state index in [9.17, 15) is 19.1 Å². The van der Waals surface area contributed by atoms with Crippen molar-refractivity contribution >= 4 is 39.9 Å². The first-order valence-electron chi connectivity index (χ1n) is 12.5. The third-order valence-electron chi connectivity index (χ3n) is 6.41. The number of rotatable bonds is 10. The van der Waals surface area contributed by atoms with Crippen molar-refractivity contribution in [1.29, 1.82) is 0 Å². The molecule has 1 amide bonds. The van der Waals surface area contributed by atoms with Crippen molar-refractivity contribution in [3.63, 3.8) is 0 Å². The molecule has 0 atom stereocenters. The number of fused-ring (bicyclic) bond motifs is 1. The van der Waals surface area contributed by atoms with Gasteiger partial charge in [-0.05, 0) is 75.1 Å². The zero-order valence-electron chi connectivity index (χ0n) is 22.1. The average Bonchev–Trinajstić information content (AvgIpc) is 3.21. The fraction of sp³-hybridized carbons (Fsp3) is 0.233. The van der Waals surface area contributed by atoms with Crippen molar-refractivity contribution in [2.75, 3.05) is 32.6 Å². The number of nitrogens with one attached hydrogen (secondary N) is 1. The molecule has 0 aliphatic heterocycles. The molecule has 39 heavy (non-hydrogen) atoms. The molecule has 0 aliphatic carbocycles. The van der Waals surface area contributed by atoms with Crippen LogP contribution in [-0.2, 0) is 16.0 Å². The lowest BCUT2D eigenvalue weighted by molar-refractivity contribution is -0.136. The zero-order chi connectivity index (χ0) is 28.1. The maximum Gasteiger partial charge on any atom is 0.307 e. The Labute approximate surface area is 226 Å². The molecule has 9 heteroatoms. The first kappa shape index (κ1) is 27.5. The van der Waals surface area contributed by atoms with E-state index in [1.165, 1.54) is 12.1 Å². The number of aliphatic imine (C=N–C) groups is 1. The number of amides is 1. The van der Waals surface area contributed by atoms with Crippen LogP contribution < -0.4 is 4.90 Å². The summed E-state index contributed by atoms with van der Waals surface area (Å²) in [5, 5.41) is 20.5. The van der Waals surface area contributed by atoms with Crippen molar-refractivity contribution < 1.29 is 24.2 Å². The number of nitrogens with zero attached hydrogens (tertiary/aromatic N) is 3. The molecule has 0 spiro atoms. The summed E-state index contributed by atoms with van der Waals surface area (Å²) >= 11 is 0. The Hall–Kier alpha value is -4.50. The number of halogens is 1. The molecule has 0 aliphatic rings. The summed E-state index contributed by atoms with van der Waals surface area (Å²) in [7, 11) is 5.68. The highest BCUT2D eigenvalue weighted by Crippen LogP contribution is 2.32. The molecule has 1 heterocycles. The molecule has 8 nitrogen and oxygen atoms in total. The quantitative estimate of drug-likeness (QED) is 0.247. The van der Waals surface area contributed by atoms with Gasteiger partial charge in [0.15, 0.2) is 5.88 Å². The Morgan fingerprint density at radius 3 is 2.31 bits per heavy atom. The summed E-state index contributed by atoms with van der Waals surface area (Å²) < 4.78 is 13.9. The molecule has 4 aromatic rings. The molecule has 0 saturated heterocycles. The Morgan fingerprint density at radius 1 is 0.974 bits per heavy atom. The van der Waals surface area contributed by atoms with Crippen molar-refractivity contribution in [3.05, 3.63) is 89.2 Å². The molecular formula is C30H31FN4O4. The van der Waals surface area contributed by atoms with Gasteiger partial charge in [-0.1, -0.05) is 24.3 Å². The summed E-state index contributed by atoms with van der Waals surface area (Å²) in [4.78, 5) is 35.0. The van der Waals surface area contributed by atoms with Crippen molar-refractivity contribution in [1.82, 2.24) is 9.88 Å². The van der Waals surface area contributed by atoms with E-state index >= 15 is 0 Å². The number of benzene rings is 3. The molecule has 0 radical (unpaired) electrons. The standard InChI is InChI=1S/C30H31FN4O4/c1-34(2)16-4-5-26(36)35(3)23-13-11-22(12-14-23)32-29(20-8-6-19(7-9-20)17-27(37)38)28-24-15-10-21(31)18-25(24)33-30(28)39/h6-15,18,33,39H,4-5,16-17H2,1-3H3,(H,37,38). The molecule has 3 N–H and O–H groups in total. The first-order valence-corrected chi connectivity index (χ1v) is 12.5. The number of carboxylic acid groups (broad SMARTS) is 1. The van der Waals surface area contributed by atoms with Gasteiger partial charge in [-0.3, -0.25) is 9.59 Å². The number of aromatic nitrogens is 1. The molecule has 0 saturated carbocycles. The average molecular weight is 531 g/mol. The summed E-state index contributed by atoms with van der Waals surface area (Å²) in [6.07, 6.45) is 1.09. The Morgan fingerprint density at radius 2 is 1.67 bits per heavy atom. The predicted octanol–water partition coefficient (Wildman–Crippen LogP) is 5.11. The van der Waals surface area contributed by atoms with Gasteiger partial charge in [0.25, 0.3) is 0 Å². The van der Waals surface area contributed by atoms with Crippen LogP contribution in [-0.4, -0.2) is 65.4 Å². The number of aromatic amines is 1. The second-order valence-corrected chi connectivity index (χ2v) is 9.64. The van der Waals surface area contributed by atoms with Gasteiger partial charge < -0.3 is 25.0 Å². The van der Waals surface area contributed by atoms with E-state index in [0.717, 1.165) is 18.7 Å². The highest BCUT2D eigenvalue weighted by molar-refractivity contribution is 6.21. The maximum absolute atomic E-state index is 13.9. The SMILES string of the molecule is CN(C)CCCC(=O)N(C)c1ccc(N=C(c2ccc(CC(=O)O)cc2)c2c(O)[nH]c3cc(F)ccc23)cc1. The van der Waals surface area contributed by atoms with Crippen LogP contribution in [0, 0.1) is 5.82 Å². The fourth-order valence-electron chi connectivity index (χ4n) is 4.35. The minimum absolute atomic E-state index is 0.0196. The second-order valence-electron chi connectivity index (χ2n) is 9.64. The van der Waals surface area contributed by atoms with E-state index in [1.807, 2.05) is 19.0 Å². The molecule has 1 aromatic heterocycles. The number of H-pyrrole nitrogens is 1. The van der Waals surface area contributed by atoms with Crippen LogP contribution in [0.4, 0.5) is 15.8 Å². The van der Waals surface area contributed by atoms with Crippen molar-refractivity contribution in [2.24, 2.45) is 4.99 Å². The molecular weight excluding hydrogens is 499 g/mol. The molecule has 0 bridgehead atoms. The van der Waals surface area contributed by atoms with Gasteiger partial charge in [-0.25, -0.2) is 9.38 Å². The van der Waals surface area contributed by atoms with E-state index in [4.69, 9.17) is 10.1 Å². The Kier molecular flexibility index (Phi) is 8.41. The number of hydrogen-bond donors (Lipinski definition) is 3. The van der Waals surface area contributed by atoms with Crippen LogP contribution in [0.15, 0.2) is 71.7 Å². The minimum Gasteiger partial charge on any atom is -0.494 e. The van der Waals surface area contributed by atoms with Crippen LogP contribution in [0.25, 0.3) is 10.9 Å². The topological polar surface area (TPSA) is 109 Å². The highest BCUT2D eigenvalue weighted by Gasteiger charge is 2.19. The third kappa shape index (κ3) is 6.69. The van der Waals surface area contributed by atoms with Crippen LogP contribution in [0.2, 0.25) is 0 Å². The number of carbonyl (C=O) groups excluding carboxylic acids is 1. The van der Waals surface area contributed by atoms with E-state index in [1.54, 1.807) is 66.5 Å². The van der Waals surface area contributed by atoms with Gasteiger partial charge in [0.05, 0.1) is 28.9 Å². The second kappa shape index (κ2) is 11.9. The summed E-state index contributed by atoms with van der Waals surface area (Å²) in [5.41, 5.74) is 3.81. The van der Waals surface area contributed by atoms with Gasteiger partial charge in [-0.15, -0.1) is 0 Å². The number of anilines is 1. The van der Waals surface area contributed by atoms with E-state index < -0.39 is 11.8 Å². The van der Waals surface area contributed by atoms with Crippen LogP contribution >= 0.6 is 0 Å². The monoisotopic (exact) mass is 530 g/mol. The molecule has 202 valence electrons. The van der Waals surface area contributed by atoms with Gasteiger partial charge >= 0.3 is 5.97 Å². The number of aromatic hydroxyl groups is 1. The largest absolute Gasteiger partial charge is 0.494 e. The fourth-order valence-corrected chi connectivity index (χ4v) is 4.35. The van der Waals surface area contributed by atoms with E-state index in [2.05, 4.69) is 4.98 Å². The maximum atomic E-state index is 13.9.